The average Bonchev–Trinajstić information content (AvgIpc) is 2.91. The third-order valence-corrected chi connectivity index (χ3v) is 8.18. The molecule has 0 fully saturated rings. The van der Waals surface area contributed by atoms with E-state index in [1.165, 1.54) is 48.5 Å². The van der Waals surface area contributed by atoms with E-state index in [2.05, 4.69) is 10.6 Å². The number of aromatic hydroxyl groups is 2. The smallest absolute Gasteiger partial charge is 0.294 e. The van der Waals surface area contributed by atoms with Crippen LogP contribution in [0.5, 0.6) is 11.5 Å². The van der Waals surface area contributed by atoms with Crippen LogP contribution >= 0.6 is 0 Å². The number of phenols is 2. The van der Waals surface area contributed by atoms with E-state index >= 15 is 0 Å². The zero-order chi connectivity index (χ0) is 28.7. The first-order valence-corrected chi connectivity index (χ1v) is 14.8. The van der Waals surface area contributed by atoms with Gasteiger partial charge in [-0.15, -0.1) is 0 Å². The van der Waals surface area contributed by atoms with Gasteiger partial charge in [-0.1, -0.05) is 36.4 Å². The summed E-state index contributed by atoms with van der Waals surface area (Å²) in [4.78, 5) is -0.624. The molecule has 10 nitrogen and oxygen atoms in total. The van der Waals surface area contributed by atoms with E-state index in [-0.39, 0.29) is 32.1 Å². The van der Waals surface area contributed by atoms with Crippen LogP contribution in [0, 0.1) is 0 Å². The Kier molecular flexibility index (Phi) is 7.02. The maximum absolute atomic E-state index is 11.5. The van der Waals surface area contributed by atoms with Crippen LogP contribution in [-0.4, -0.2) is 36.2 Å². The molecule has 0 radical (unpaired) electrons. The Bertz CT molecular complexity index is 1850. The molecular formula is C28H24N2O8S2. The van der Waals surface area contributed by atoms with E-state index in [0.717, 1.165) is 11.1 Å². The Morgan fingerprint density at radius 3 is 1.35 bits per heavy atom. The van der Waals surface area contributed by atoms with Gasteiger partial charge in [0.25, 0.3) is 20.2 Å². The molecule has 5 aromatic carbocycles. The maximum Gasteiger partial charge on any atom is 0.294 e. The highest BCUT2D eigenvalue weighted by Crippen LogP contribution is 2.34. The maximum atomic E-state index is 11.5. The van der Waals surface area contributed by atoms with Gasteiger partial charge in [0, 0.05) is 46.0 Å². The van der Waals surface area contributed by atoms with Gasteiger partial charge in [0.1, 0.15) is 11.5 Å². The number of fused-ring (bicyclic) bond motifs is 2. The molecule has 0 bridgehead atoms. The van der Waals surface area contributed by atoms with Gasteiger partial charge < -0.3 is 20.8 Å². The topological polar surface area (TPSA) is 173 Å². The molecule has 5 rings (SSSR count). The van der Waals surface area contributed by atoms with Crippen LogP contribution < -0.4 is 10.6 Å². The second-order valence-electron chi connectivity index (χ2n) is 9.16. The van der Waals surface area contributed by atoms with Gasteiger partial charge in [-0.25, -0.2) is 0 Å². The minimum absolute atomic E-state index is 0.116. The van der Waals surface area contributed by atoms with Crippen molar-refractivity contribution in [2.45, 2.75) is 22.9 Å². The highest BCUT2D eigenvalue weighted by molar-refractivity contribution is 7.86. The fraction of sp³-hybridized carbons (Fsp3) is 0.0714. The Balaban J connectivity index is 1.33. The van der Waals surface area contributed by atoms with Crippen LogP contribution in [0.3, 0.4) is 0 Å². The largest absolute Gasteiger partial charge is 0.507 e. The summed E-state index contributed by atoms with van der Waals surface area (Å²) in [5.41, 5.74) is 3.22. The molecule has 5 aromatic rings. The summed E-state index contributed by atoms with van der Waals surface area (Å²) in [6.07, 6.45) is 0. The van der Waals surface area contributed by atoms with Crippen LogP contribution in [0.4, 0.5) is 11.4 Å². The third kappa shape index (κ3) is 5.65. The van der Waals surface area contributed by atoms with Crippen molar-refractivity contribution in [1.29, 1.82) is 0 Å². The summed E-state index contributed by atoms with van der Waals surface area (Å²) in [5, 5.41) is 28.8. The van der Waals surface area contributed by atoms with Gasteiger partial charge in [0.05, 0.1) is 9.79 Å². The quantitative estimate of drug-likeness (QED) is 0.107. The van der Waals surface area contributed by atoms with Crippen molar-refractivity contribution in [3.63, 3.8) is 0 Å². The van der Waals surface area contributed by atoms with Crippen molar-refractivity contribution in [3.8, 4) is 11.5 Å². The standard InChI is InChI=1S/C28H24N2O8S2/c31-27-10-8-25(21-6-4-19(13-23(21)27)39(33,34)35)29-15-17-2-1-3-18(12-17)16-30-26-9-11-28(32)24-14-20(40(36,37)38)5-7-22(24)26/h1-14,29-32H,15-16H2,(H,33,34,35)(H,36,37,38). The Morgan fingerprint density at radius 1 is 0.525 bits per heavy atom. The molecule has 0 heterocycles. The first-order valence-electron chi connectivity index (χ1n) is 11.9. The Hall–Kier alpha value is -4.36. The second-order valence-corrected chi connectivity index (χ2v) is 12.0. The van der Waals surface area contributed by atoms with Crippen molar-refractivity contribution < 1.29 is 36.2 Å². The summed E-state index contributed by atoms with van der Waals surface area (Å²) in [7, 11) is -8.83. The van der Waals surface area contributed by atoms with Crippen molar-refractivity contribution in [2.24, 2.45) is 0 Å². The molecule has 0 saturated heterocycles. The van der Waals surface area contributed by atoms with Crippen molar-refractivity contribution in [2.75, 3.05) is 10.6 Å². The van der Waals surface area contributed by atoms with Gasteiger partial charge in [-0.3, -0.25) is 9.11 Å². The summed E-state index contributed by atoms with van der Waals surface area (Å²) in [5.74, 6) is -0.231. The molecule has 40 heavy (non-hydrogen) atoms. The van der Waals surface area contributed by atoms with Crippen LogP contribution in [-0.2, 0) is 33.3 Å². The van der Waals surface area contributed by atoms with E-state index in [4.69, 9.17) is 0 Å². The first-order chi connectivity index (χ1) is 18.9. The van der Waals surface area contributed by atoms with E-state index in [1.54, 1.807) is 12.1 Å². The van der Waals surface area contributed by atoms with E-state index in [1.807, 2.05) is 24.3 Å². The number of phenolic OH excluding ortho intramolecular Hbond substituents is 2. The second kappa shape index (κ2) is 10.3. The number of nitrogens with one attached hydrogen (secondary N) is 2. The number of hydrogen-bond acceptors (Lipinski definition) is 8. The lowest BCUT2D eigenvalue weighted by molar-refractivity contribution is 0.478. The molecule has 0 saturated carbocycles. The summed E-state index contributed by atoms with van der Waals surface area (Å²) in [6.45, 7) is 0.850. The lowest BCUT2D eigenvalue weighted by Gasteiger charge is -2.14. The summed E-state index contributed by atoms with van der Waals surface area (Å²) in [6, 6.07) is 22.0. The summed E-state index contributed by atoms with van der Waals surface area (Å²) < 4.78 is 64.7. The highest BCUT2D eigenvalue weighted by atomic mass is 32.2. The predicted molar refractivity (Wildman–Crippen MR) is 152 cm³/mol. The predicted octanol–water partition coefficient (Wildman–Crippen LogP) is 5.12. The minimum Gasteiger partial charge on any atom is -0.507 e. The van der Waals surface area contributed by atoms with Gasteiger partial charge >= 0.3 is 0 Å². The van der Waals surface area contributed by atoms with E-state index in [0.29, 0.717) is 35.2 Å². The lowest BCUT2D eigenvalue weighted by atomic mass is 10.1. The lowest BCUT2D eigenvalue weighted by Crippen LogP contribution is -2.04. The molecule has 0 unspecified atom stereocenters. The molecule has 0 aromatic heterocycles. The number of anilines is 2. The molecule has 12 heteroatoms. The molecule has 0 amide bonds. The molecule has 6 N–H and O–H groups in total. The normalized spacial score (nSPS) is 12.1. The third-order valence-electron chi connectivity index (χ3n) is 6.48. The zero-order valence-electron chi connectivity index (χ0n) is 20.7. The number of hydrogen-bond donors (Lipinski definition) is 6. The Labute approximate surface area is 230 Å². The molecule has 0 aliphatic carbocycles. The fourth-order valence-corrected chi connectivity index (χ4v) is 5.51. The van der Waals surface area contributed by atoms with Crippen molar-refractivity contribution in [3.05, 3.63) is 96.1 Å². The van der Waals surface area contributed by atoms with Gasteiger partial charge in [-0.05, 0) is 59.7 Å². The van der Waals surface area contributed by atoms with Crippen LogP contribution in [0.25, 0.3) is 21.5 Å². The number of rotatable bonds is 8. The van der Waals surface area contributed by atoms with E-state index < -0.39 is 20.2 Å². The van der Waals surface area contributed by atoms with Crippen molar-refractivity contribution in [1.82, 2.24) is 0 Å². The fourth-order valence-electron chi connectivity index (χ4n) is 4.50. The van der Waals surface area contributed by atoms with E-state index in [9.17, 15) is 36.2 Å². The van der Waals surface area contributed by atoms with Crippen molar-refractivity contribution >= 4 is 53.2 Å². The molecular weight excluding hydrogens is 556 g/mol. The molecule has 0 spiro atoms. The van der Waals surface area contributed by atoms with Gasteiger partial charge in [0.2, 0.25) is 0 Å². The average molecular weight is 581 g/mol. The van der Waals surface area contributed by atoms with Crippen LogP contribution in [0.2, 0.25) is 0 Å². The monoisotopic (exact) mass is 580 g/mol. The number of benzene rings is 5. The summed E-state index contributed by atoms with van der Waals surface area (Å²) >= 11 is 0. The molecule has 0 aliphatic rings. The first kappa shape index (κ1) is 27.2. The molecule has 206 valence electrons. The molecule has 0 atom stereocenters. The SMILES string of the molecule is O=S(=O)(O)c1ccc2c(NCc3cccc(CNc4ccc(O)c5cc(S(=O)(=O)O)ccc45)c3)ccc(O)c2c1. The van der Waals surface area contributed by atoms with Crippen LogP contribution in [0.1, 0.15) is 11.1 Å². The van der Waals surface area contributed by atoms with Gasteiger partial charge in [0.15, 0.2) is 0 Å². The molecule has 0 aliphatic heterocycles. The Morgan fingerprint density at radius 2 is 0.950 bits per heavy atom. The van der Waals surface area contributed by atoms with Crippen LogP contribution in [0.15, 0.2) is 94.7 Å². The zero-order valence-corrected chi connectivity index (χ0v) is 22.4. The highest BCUT2D eigenvalue weighted by Gasteiger charge is 2.15. The van der Waals surface area contributed by atoms with Gasteiger partial charge in [-0.2, -0.15) is 16.8 Å². The minimum atomic E-state index is -4.42.